The molecule has 16 heavy (non-hydrogen) atoms. The molecule has 0 aliphatic rings. The van der Waals surface area contributed by atoms with Crippen LogP contribution in [0.5, 0.6) is 0 Å². The Labute approximate surface area is 94.4 Å². The van der Waals surface area contributed by atoms with E-state index in [4.69, 9.17) is 0 Å². The van der Waals surface area contributed by atoms with E-state index in [1.165, 1.54) is 0 Å². The average molecular weight is 217 g/mol. The number of aromatic nitrogens is 4. The van der Waals surface area contributed by atoms with Crippen molar-refractivity contribution >= 4 is 16.9 Å². The smallest absolute Gasteiger partial charge is 0.168 e. The van der Waals surface area contributed by atoms with E-state index in [0.717, 1.165) is 35.8 Å². The molecule has 2 heterocycles. The number of anilines is 1. The third-order valence-electron chi connectivity index (χ3n) is 2.23. The third kappa shape index (κ3) is 2.08. The normalized spacial score (nSPS) is 10.7. The van der Waals surface area contributed by atoms with E-state index in [9.17, 15) is 0 Å². The van der Waals surface area contributed by atoms with E-state index in [1.54, 1.807) is 6.20 Å². The highest BCUT2D eigenvalue weighted by Gasteiger charge is 2.06. The van der Waals surface area contributed by atoms with E-state index in [0.29, 0.717) is 5.65 Å². The van der Waals surface area contributed by atoms with Gasteiger partial charge in [-0.05, 0) is 20.3 Å². The Morgan fingerprint density at radius 3 is 2.62 bits per heavy atom. The van der Waals surface area contributed by atoms with Crippen molar-refractivity contribution in [3.8, 4) is 0 Å². The van der Waals surface area contributed by atoms with Gasteiger partial charge in [-0.1, -0.05) is 6.92 Å². The van der Waals surface area contributed by atoms with Gasteiger partial charge in [-0.2, -0.15) is 0 Å². The van der Waals surface area contributed by atoms with Gasteiger partial charge >= 0.3 is 0 Å². The lowest BCUT2D eigenvalue weighted by Crippen LogP contribution is -2.06. The number of nitrogens with zero attached hydrogens (tertiary/aromatic N) is 4. The van der Waals surface area contributed by atoms with Crippen LogP contribution in [0.15, 0.2) is 6.20 Å². The molecule has 5 nitrogen and oxygen atoms in total. The molecule has 0 aliphatic carbocycles. The molecule has 0 saturated heterocycles. The lowest BCUT2D eigenvalue weighted by molar-refractivity contribution is 0.956. The highest BCUT2D eigenvalue weighted by Crippen LogP contribution is 2.17. The van der Waals surface area contributed by atoms with E-state index in [1.807, 2.05) is 13.8 Å². The summed E-state index contributed by atoms with van der Waals surface area (Å²) in [6.45, 7) is 6.73. The molecule has 0 aliphatic heterocycles. The average Bonchev–Trinajstić information content (AvgIpc) is 2.25. The van der Waals surface area contributed by atoms with E-state index in [2.05, 4.69) is 32.2 Å². The summed E-state index contributed by atoms with van der Waals surface area (Å²) in [5.74, 6) is 2.28. The fourth-order valence-corrected chi connectivity index (χ4v) is 1.49. The predicted octanol–water partition coefficient (Wildman–Crippen LogP) is 1.86. The molecule has 0 radical (unpaired) electrons. The quantitative estimate of drug-likeness (QED) is 0.850. The zero-order valence-corrected chi connectivity index (χ0v) is 9.78. The molecule has 0 atom stereocenters. The maximum absolute atomic E-state index is 4.37. The van der Waals surface area contributed by atoms with Crippen LogP contribution in [0, 0.1) is 13.8 Å². The third-order valence-corrected chi connectivity index (χ3v) is 2.23. The number of aryl methyl sites for hydroxylation is 2. The Balaban J connectivity index is 2.54. The maximum Gasteiger partial charge on any atom is 0.168 e. The van der Waals surface area contributed by atoms with Gasteiger partial charge in [0.2, 0.25) is 0 Å². The molecule has 1 N–H and O–H groups in total. The van der Waals surface area contributed by atoms with Gasteiger partial charge < -0.3 is 5.32 Å². The molecule has 0 saturated carbocycles. The fourth-order valence-electron chi connectivity index (χ4n) is 1.49. The molecule has 2 aromatic rings. The minimum atomic E-state index is 0.707. The van der Waals surface area contributed by atoms with Crippen molar-refractivity contribution in [2.45, 2.75) is 27.2 Å². The molecule has 2 rings (SSSR count). The van der Waals surface area contributed by atoms with Crippen LogP contribution in [-0.4, -0.2) is 26.5 Å². The summed E-state index contributed by atoms with van der Waals surface area (Å²) in [5.41, 5.74) is 0.707. The summed E-state index contributed by atoms with van der Waals surface area (Å²) in [4.78, 5) is 17.1. The van der Waals surface area contributed by atoms with Crippen molar-refractivity contribution in [2.75, 3.05) is 11.9 Å². The van der Waals surface area contributed by atoms with Gasteiger partial charge in [0.05, 0.1) is 5.39 Å². The van der Waals surface area contributed by atoms with Gasteiger partial charge in [0.1, 0.15) is 17.5 Å². The number of rotatable bonds is 3. The molecule has 0 spiro atoms. The molecular formula is C11H15N5. The minimum Gasteiger partial charge on any atom is -0.369 e. The Hall–Kier alpha value is -1.78. The Morgan fingerprint density at radius 2 is 1.88 bits per heavy atom. The summed E-state index contributed by atoms with van der Waals surface area (Å²) in [6.07, 6.45) is 2.83. The monoisotopic (exact) mass is 217 g/mol. The number of hydrogen-bond acceptors (Lipinski definition) is 5. The summed E-state index contributed by atoms with van der Waals surface area (Å²) >= 11 is 0. The van der Waals surface area contributed by atoms with Crippen LogP contribution in [0.3, 0.4) is 0 Å². The molecule has 0 bridgehead atoms. The first-order valence-electron chi connectivity index (χ1n) is 5.42. The first-order valence-corrected chi connectivity index (χ1v) is 5.42. The molecule has 84 valence electrons. The highest BCUT2D eigenvalue weighted by molar-refractivity contribution is 5.85. The molecule has 0 unspecified atom stereocenters. The number of fused-ring (bicyclic) bond motifs is 1. The van der Waals surface area contributed by atoms with Gasteiger partial charge in [0.25, 0.3) is 0 Å². The Morgan fingerprint density at radius 1 is 1.12 bits per heavy atom. The van der Waals surface area contributed by atoms with E-state index in [-0.39, 0.29) is 0 Å². The maximum atomic E-state index is 4.37. The van der Waals surface area contributed by atoms with Gasteiger partial charge in [-0.25, -0.2) is 19.9 Å². The van der Waals surface area contributed by atoms with Crippen LogP contribution in [0.1, 0.15) is 25.0 Å². The second kappa shape index (κ2) is 4.38. The molecular weight excluding hydrogens is 202 g/mol. The van der Waals surface area contributed by atoms with Crippen molar-refractivity contribution in [2.24, 2.45) is 0 Å². The highest BCUT2D eigenvalue weighted by atomic mass is 15.1. The Kier molecular flexibility index (Phi) is 2.94. The van der Waals surface area contributed by atoms with Crippen molar-refractivity contribution < 1.29 is 0 Å². The van der Waals surface area contributed by atoms with E-state index >= 15 is 0 Å². The van der Waals surface area contributed by atoms with Crippen LogP contribution in [0.25, 0.3) is 11.0 Å². The molecule has 5 heteroatoms. The lowest BCUT2D eigenvalue weighted by atomic mass is 10.3. The summed E-state index contributed by atoms with van der Waals surface area (Å²) in [7, 11) is 0. The van der Waals surface area contributed by atoms with Gasteiger partial charge in [0, 0.05) is 12.7 Å². The summed E-state index contributed by atoms with van der Waals surface area (Å²) in [6, 6.07) is 0. The van der Waals surface area contributed by atoms with Crippen molar-refractivity contribution in [1.29, 1.82) is 0 Å². The van der Waals surface area contributed by atoms with Gasteiger partial charge in [0.15, 0.2) is 5.65 Å². The summed E-state index contributed by atoms with van der Waals surface area (Å²) < 4.78 is 0. The number of nitrogens with one attached hydrogen (secondary N) is 1. The minimum absolute atomic E-state index is 0.707. The second-order valence-electron chi connectivity index (χ2n) is 3.70. The van der Waals surface area contributed by atoms with Crippen LogP contribution >= 0.6 is 0 Å². The first kappa shape index (κ1) is 10.7. The SMILES string of the molecule is CCCNc1nc(C)nc2nc(C)ncc12. The van der Waals surface area contributed by atoms with E-state index < -0.39 is 0 Å². The first-order chi connectivity index (χ1) is 7.70. The van der Waals surface area contributed by atoms with Crippen molar-refractivity contribution in [1.82, 2.24) is 19.9 Å². The second-order valence-corrected chi connectivity index (χ2v) is 3.70. The van der Waals surface area contributed by atoms with Crippen LogP contribution < -0.4 is 5.32 Å². The number of hydrogen-bond donors (Lipinski definition) is 1. The fraction of sp³-hybridized carbons (Fsp3) is 0.455. The molecule has 0 aromatic carbocycles. The standard InChI is InChI=1S/C11H15N5/c1-4-5-12-10-9-6-13-7(2)14-11(9)16-8(3)15-10/h6H,4-5H2,1-3H3,(H,12,13,14,15,16). The zero-order valence-electron chi connectivity index (χ0n) is 9.78. The lowest BCUT2D eigenvalue weighted by Gasteiger charge is -2.07. The predicted molar refractivity (Wildman–Crippen MR) is 63.4 cm³/mol. The van der Waals surface area contributed by atoms with Gasteiger partial charge in [-0.3, -0.25) is 0 Å². The molecule has 0 fully saturated rings. The Bertz CT molecular complexity index is 504. The topological polar surface area (TPSA) is 63.6 Å². The van der Waals surface area contributed by atoms with Crippen molar-refractivity contribution in [3.05, 3.63) is 17.8 Å². The molecule has 0 amide bonds. The van der Waals surface area contributed by atoms with Gasteiger partial charge in [-0.15, -0.1) is 0 Å². The summed E-state index contributed by atoms with van der Waals surface area (Å²) in [5, 5.41) is 4.15. The van der Waals surface area contributed by atoms with Crippen LogP contribution in [-0.2, 0) is 0 Å². The van der Waals surface area contributed by atoms with Crippen LogP contribution in [0.4, 0.5) is 5.82 Å². The van der Waals surface area contributed by atoms with Crippen LogP contribution in [0.2, 0.25) is 0 Å². The van der Waals surface area contributed by atoms with Crippen molar-refractivity contribution in [3.63, 3.8) is 0 Å². The molecule has 2 aromatic heterocycles. The largest absolute Gasteiger partial charge is 0.369 e. The zero-order chi connectivity index (χ0) is 11.5.